The van der Waals surface area contributed by atoms with Gasteiger partial charge in [-0.3, -0.25) is 0 Å². The average molecular weight is 460 g/mol. The molecule has 1 heteroatoms. The third-order valence-corrected chi connectivity index (χ3v) is 8.40. The summed E-state index contributed by atoms with van der Waals surface area (Å²) in [6, 6.07) is 44.0. The molecule has 1 spiro atoms. The topological polar surface area (TPSA) is 23.8 Å². The van der Waals surface area contributed by atoms with E-state index in [1.165, 1.54) is 50.1 Å². The number of hydrogen-bond donors (Lipinski definition) is 0. The van der Waals surface area contributed by atoms with E-state index in [0.29, 0.717) is 5.56 Å². The van der Waals surface area contributed by atoms with E-state index in [1.54, 1.807) is 0 Å². The van der Waals surface area contributed by atoms with Crippen molar-refractivity contribution in [2.45, 2.75) is 24.7 Å². The Hall–Kier alpha value is -4.41. The lowest BCUT2D eigenvalue weighted by atomic mass is 9.55. The van der Waals surface area contributed by atoms with Gasteiger partial charge < -0.3 is 0 Å². The Morgan fingerprint density at radius 1 is 0.500 bits per heavy atom. The number of fused-ring (bicyclic) bond motifs is 9. The van der Waals surface area contributed by atoms with Gasteiger partial charge in [-0.1, -0.05) is 117 Å². The molecule has 0 aromatic heterocycles. The van der Waals surface area contributed by atoms with Gasteiger partial charge in [0.15, 0.2) is 0 Å². The van der Waals surface area contributed by atoms with Crippen molar-refractivity contribution in [3.8, 4) is 28.3 Å². The van der Waals surface area contributed by atoms with Crippen LogP contribution >= 0.6 is 0 Å². The van der Waals surface area contributed by atoms with Gasteiger partial charge in [0.1, 0.15) is 0 Å². The molecule has 0 bridgehead atoms. The molecule has 0 aliphatic heterocycles. The Kier molecular flexibility index (Phi) is 4.24. The summed E-state index contributed by atoms with van der Waals surface area (Å²) in [5.74, 6) is 0. The molecule has 7 rings (SSSR count). The van der Waals surface area contributed by atoms with Crippen LogP contribution in [0.15, 0.2) is 115 Å². The van der Waals surface area contributed by atoms with E-state index in [0.717, 1.165) is 5.56 Å². The van der Waals surface area contributed by atoms with Crippen molar-refractivity contribution in [3.05, 3.63) is 154 Å². The van der Waals surface area contributed by atoms with E-state index in [4.69, 9.17) is 0 Å². The lowest BCUT2D eigenvalue weighted by molar-refractivity contribution is 0.563. The highest BCUT2D eigenvalue weighted by molar-refractivity contribution is 5.96. The van der Waals surface area contributed by atoms with Gasteiger partial charge in [0.25, 0.3) is 0 Å². The van der Waals surface area contributed by atoms with E-state index in [2.05, 4.69) is 123 Å². The molecule has 0 radical (unpaired) electrons. The van der Waals surface area contributed by atoms with Gasteiger partial charge in [-0.25, -0.2) is 0 Å². The zero-order chi connectivity index (χ0) is 24.5. The molecule has 1 nitrogen and oxygen atoms in total. The van der Waals surface area contributed by atoms with Crippen LogP contribution in [0.1, 0.15) is 52.8 Å². The van der Waals surface area contributed by atoms with Crippen LogP contribution in [0.4, 0.5) is 0 Å². The van der Waals surface area contributed by atoms with Crippen LogP contribution in [-0.2, 0) is 10.8 Å². The van der Waals surface area contributed by atoms with Crippen molar-refractivity contribution in [3.63, 3.8) is 0 Å². The summed E-state index contributed by atoms with van der Waals surface area (Å²) < 4.78 is 0. The highest BCUT2D eigenvalue weighted by atomic mass is 14.5. The highest BCUT2D eigenvalue weighted by Gasteiger charge is 2.53. The summed E-state index contributed by atoms with van der Waals surface area (Å²) in [6.07, 6.45) is 0. The van der Waals surface area contributed by atoms with Crippen LogP contribution in [0.25, 0.3) is 22.3 Å². The fourth-order valence-corrected chi connectivity index (χ4v) is 6.87. The van der Waals surface area contributed by atoms with E-state index in [1.807, 2.05) is 12.1 Å². The van der Waals surface area contributed by atoms with Gasteiger partial charge in [-0.2, -0.15) is 5.26 Å². The molecule has 5 aromatic rings. The van der Waals surface area contributed by atoms with Crippen molar-refractivity contribution in [2.24, 2.45) is 0 Å². The first-order chi connectivity index (χ1) is 17.6. The maximum absolute atomic E-state index is 9.33. The molecule has 2 aliphatic carbocycles. The first-order valence-electron chi connectivity index (χ1n) is 12.5. The second-order valence-electron chi connectivity index (χ2n) is 10.4. The first-order valence-corrected chi connectivity index (χ1v) is 12.5. The van der Waals surface area contributed by atoms with Crippen molar-refractivity contribution in [2.75, 3.05) is 0 Å². The fraction of sp³-hybridized carbons (Fsp3) is 0.114. The average Bonchev–Trinajstić information content (AvgIpc) is 3.23. The SMILES string of the molecule is CC1(C)c2ccccc2C2(c3ccccc3-c3c(-c4ccc(C#N)cc4)cccc32)c2ccccc21. The van der Waals surface area contributed by atoms with E-state index in [-0.39, 0.29) is 10.8 Å². The third kappa shape index (κ3) is 2.49. The minimum atomic E-state index is -0.378. The minimum absolute atomic E-state index is 0.0964. The normalized spacial score (nSPS) is 15.4. The summed E-state index contributed by atoms with van der Waals surface area (Å²) in [7, 11) is 0. The van der Waals surface area contributed by atoms with Crippen LogP contribution in [-0.4, -0.2) is 0 Å². The van der Waals surface area contributed by atoms with Crippen LogP contribution in [0.2, 0.25) is 0 Å². The summed E-state index contributed by atoms with van der Waals surface area (Å²) in [6.45, 7) is 4.71. The zero-order valence-electron chi connectivity index (χ0n) is 20.4. The van der Waals surface area contributed by atoms with Crippen LogP contribution < -0.4 is 0 Å². The van der Waals surface area contributed by atoms with Gasteiger partial charge >= 0.3 is 0 Å². The van der Waals surface area contributed by atoms with E-state index < -0.39 is 0 Å². The maximum atomic E-state index is 9.33. The Morgan fingerprint density at radius 2 is 1.00 bits per heavy atom. The first kappa shape index (κ1) is 20.9. The molecular formula is C35H25N. The highest BCUT2D eigenvalue weighted by Crippen LogP contribution is 2.63. The Morgan fingerprint density at radius 3 is 1.61 bits per heavy atom. The van der Waals surface area contributed by atoms with Crippen LogP contribution in [0.5, 0.6) is 0 Å². The van der Waals surface area contributed by atoms with Crippen LogP contribution in [0.3, 0.4) is 0 Å². The molecule has 0 saturated heterocycles. The quantitative estimate of drug-likeness (QED) is 0.243. The van der Waals surface area contributed by atoms with Gasteiger partial charge in [0.05, 0.1) is 17.0 Å². The molecule has 0 amide bonds. The molecule has 170 valence electrons. The fourth-order valence-electron chi connectivity index (χ4n) is 6.87. The van der Waals surface area contributed by atoms with Gasteiger partial charge in [-0.15, -0.1) is 0 Å². The van der Waals surface area contributed by atoms with Gasteiger partial charge in [-0.05, 0) is 67.8 Å². The van der Waals surface area contributed by atoms with Gasteiger partial charge in [0.2, 0.25) is 0 Å². The minimum Gasteiger partial charge on any atom is -0.192 e. The number of benzene rings is 5. The predicted octanol–water partition coefficient (Wildman–Crippen LogP) is 8.23. The Balaban J connectivity index is 1.65. The zero-order valence-corrected chi connectivity index (χ0v) is 20.4. The molecule has 0 unspecified atom stereocenters. The molecule has 0 fully saturated rings. The summed E-state index contributed by atoms with van der Waals surface area (Å²) >= 11 is 0. The summed E-state index contributed by atoms with van der Waals surface area (Å²) in [4.78, 5) is 0. The van der Waals surface area contributed by atoms with Crippen LogP contribution in [0, 0.1) is 11.3 Å². The number of nitriles is 1. The second-order valence-corrected chi connectivity index (χ2v) is 10.4. The lowest BCUT2D eigenvalue weighted by Gasteiger charge is -2.46. The van der Waals surface area contributed by atoms with Crippen molar-refractivity contribution in [1.29, 1.82) is 5.26 Å². The molecule has 0 saturated carbocycles. The standard InChI is InChI=1S/C35H25N/c1-34(2)28-13-5-7-15-30(28)35(31-16-8-6-14-29(31)34)27-12-4-3-10-26(27)33-25(11-9-17-32(33)35)24-20-18-23(22-36)19-21-24/h3-21H,1-2H3. The predicted molar refractivity (Wildman–Crippen MR) is 146 cm³/mol. The number of hydrogen-bond acceptors (Lipinski definition) is 1. The second kappa shape index (κ2) is 7.30. The van der Waals surface area contributed by atoms with E-state index >= 15 is 0 Å². The number of rotatable bonds is 1. The van der Waals surface area contributed by atoms with Crippen molar-refractivity contribution < 1.29 is 0 Å². The maximum Gasteiger partial charge on any atom is 0.0991 e. The third-order valence-electron chi connectivity index (χ3n) is 8.40. The molecule has 2 aliphatic rings. The lowest BCUT2D eigenvalue weighted by Crippen LogP contribution is -2.40. The number of nitrogens with zero attached hydrogens (tertiary/aromatic N) is 1. The Bertz CT molecular complexity index is 1660. The summed E-state index contributed by atoms with van der Waals surface area (Å²) in [5, 5.41) is 9.33. The molecular weight excluding hydrogens is 434 g/mol. The van der Waals surface area contributed by atoms with Crippen molar-refractivity contribution >= 4 is 0 Å². The molecule has 0 atom stereocenters. The Labute approximate surface area is 212 Å². The van der Waals surface area contributed by atoms with E-state index in [9.17, 15) is 5.26 Å². The molecule has 0 heterocycles. The monoisotopic (exact) mass is 459 g/mol. The summed E-state index contributed by atoms with van der Waals surface area (Å²) in [5.41, 5.74) is 13.3. The molecule has 0 N–H and O–H groups in total. The molecule has 36 heavy (non-hydrogen) atoms. The van der Waals surface area contributed by atoms with Crippen molar-refractivity contribution in [1.82, 2.24) is 0 Å². The smallest absolute Gasteiger partial charge is 0.0991 e. The van der Waals surface area contributed by atoms with Gasteiger partial charge in [0, 0.05) is 5.41 Å². The molecule has 5 aromatic carbocycles. The largest absolute Gasteiger partial charge is 0.192 e.